The molecule has 1 amide bonds. The maximum atomic E-state index is 12.9. The second-order valence-electron chi connectivity index (χ2n) is 4.35. The Balaban J connectivity index is 2.83. The van der Waals surface area contributed by atoms with E-state index in [1.54, 1.807) is 6.92 Å². The van der Waals surface area contributed by atoms with Crippen LogP contribution in [0.2, 0.25) is 0 Å². The van der Waals surface area contributed by atoms with Gasteiger partial charge in [0.2, 0.25) is 0 Å². The summed E-state index contributed by atoms with van der Waals surface area (Å²) in [4.78, 5) is 23.0. The van der Waals surface area contributed by atoms with E-state index in [-0.39, 0.29) is 13.2 Å². The average molecular weight is 341 g/mol. The van der Waals surface area contributed by atoms with E-state index in [4.69, 9.17) is 5.26 Å². The van der Waals surface area contributed by atoms with Crippen molar-refractivity contribution in [3.8, 4) is 6.07 Å². The van der Waals surface area contributed by atoms with Gasteiger partial charge in [0, 0.05) is 6.20 Å². The van der Waals surface area contributed by atoms with Gasteiger partial charge in [0.25, 0.3) is 5.91 Å². The predicted molar refractivity (Wildman–Crippen MR) is 78.4 cm³/mol. The summed E-state index contributed by atoms with van der Waals surface area (Å²) in [6.07, 6.45) is -3.72. The Morgan fingerprint density at radius 1 is 1.33 bits per heavy atom. The monoisotopic (exact) mass is 341 g/mol. The summed E-state index contributed by atoms with van der Waals surface area (Å²) in [5.41, 5.74) is -1.99. The Kier molecular flexibility index (Phi) is 6.79. The van der Waals surface area contributed by atoms with Gasteiger partial charge in [0.1, 0.15) is 18.2 Å². The third kappa shape index (κ3) is 5.64. The first-order valence-corrected chi connectivity index (χ1v) is 6.76. The van der Waals surface area contributed by atoms with Crippen LogP contribution in [0.5, 0.6) is 0 Å². The lowest BCUT2D eigenvalue weighted by Gasteiger charge is -2.13. The highest BCUT2D eigenvalue weighted by molar-refractivity contribution is 6.06. The number of hydrogen-bond donors (Lipinski definition) is 2. The lowest BCUT2D eigenvalue weighted by Crippen LogP contribution is -2.23. The van der Waals surface area contributed by atoms with Crippen LogP contribution in [-0.2, 0) is 20.5 Å². The molecule has 1 rings (SSSR count). The van der Waals surface area contributed by atoms with Crippen LogP contribution in [-0.4, -0.2) is 25.0 Å². The summed E-state index contributed by atoms with van der Waals surface area (Å²) in [6.45, 7) is 1.50. The van der Waals surface area contributed by atoms with Crippen molar-refractivity contribution in [2.75, 3.05) is 18.5 Å². The molecule has 0 bridgehead atoms. The number of carbonyl (C=O) groups is 2. The van der Waals surface area contributed by atoms with Gasteiger partial charge in [-0.25, -0.2) is 0 Å². The van der Waals surface area contributed by atoms with Crippen LogP contribution in [0.25, 0.3) is 0 Å². The molecule has 1 aromatic rings. The number of nitriles is 1. The summed E-state index contributed by atoms with van der Waals surface area (Å²) < 4.78 is 43.2. The molecule has 0 saturated carbocycles. The molecule has 1 aromatic carbocycles. The van der Waals surface area contributed by atoms with Gasteiger partial charge in [-0.1, -0.05) is 12.1 Å². The van der Waals surface area contributed by atoms with Gasteiger partial charge in [0.15, 0.2) is 0 Å². The number of ether oxygens (including phenoxy) is 1. The highest BCUT2D eigenvalue weighted by Crippen LogP contribution is 2.34. The maximum Gasteiger partial charge on any atom is 0.418 e. The summed E-state index contributed by atoms with van der Waals surface area (Å²) in [6, 6.07) is 5.92. The molecule has 0 radical (unpaired) electrons. The molecule has 0 heterocycles. The first-order chi connectivity index (χ1) is 11.3. The van der Waals surface area contributed by atoms with E-state index in [9.17, 15) is 22.8 Å². The molecule has 0 aromatic heterocycles. The van der Waals surface area contributed by atoms with E-state index in [2.05, 4.69) is 10.1 Å². The number of para-hydroxylation sites is 1. The van der Waals surface area contributed by atoms with Gasteiger partial charge >= 0.3 is 12.1 Å². The smallest absolute Gasteiger partial charge is 0.418 e. The second-order valence-corrected chi connectivity index (χ2v) is 4.35. The molecule has 0 saturated heterocycles. The molecule has 0 aliphatic heterocycles. The van der Waals surface area contributed by atoms with E-state index in [1.165, 1.54) is 18.2 Å². The van der Waals surface area contributed by atoms with Crippen LogP contribution >= 0.6 is 0 Å². The number of nitrogens with zero attached hydrogens (tertiary/aromatic N) is 1. The van der Waals surface area contributed by atoms with Crippen molar-refractivity contribution in [2.45, 2.75) is 13.1 Å². The predicted octanol–water partition coefficient (Wildman–Crippen LogP) is 2.20. The number of hydrogen-bond acceptors (Lipinski definition) is 5. The van der Waals surface area contributed by atoms with E-state index in [1.807, 2.05) is 5.32 Å². The van der Waals surface area contributed by atoms with Crippen molar-refractivity contribution in [1.29, 1.82) is 5.26 Å². The summed E-state index contributed by atoms with van der Waals surface area (Å²) in [7, 11) is 0. The number of nitrogens with one attached hydrogen (secondary N) is 2. The molecular formula is C15H14F3N3O3. The molecule has 0 spiro atoms. The number of alkyl halides is 3. The normalized spacial score (nSPS) is 11.4. The zero-order chi connectivity index (χ0) is 18.2. The molecule has 24 heavy (non-hydrogen) atoms. The largest absolute Gasteiger partial charge is 0.465 e. The van der Waals surface area contributed by atoms with Gasteiger partial charge in [-0.15, -0.1) is 0 Å². The van der Waals surface area contributed by atoms with Gasteiger partial charge in [-0.05, 0) is 19.1 Å². The molecule has 0 fully saturated rings. The maximum absolute atomic E-state index is 12.9. The van der Waals surface area contributed by atoms with Crippen molar-refractivity contribution in [2.24, 2.45) is 0 Å². The fourth-order valence-corrected chi connectivity index (χ4v) is 1.63. The molecule has 9 heteroatoms. The molecule has 128 valence electrons. The highest BCUT2D eigenvalue weighted by Gasteiger charge is 2.33. The van der Waals surface area contributed by atoms with E-state index in [0.29, 0.717) is 0 Å². The average Bonchev–Trinajstić information content (AvgIpc) is 2.51. The lowest BCUT2D eigenvalue weighted by molar-refractivity contribution is -0.142. The van der Waals surface area contributed by atoms with E-state index < -0.39 is 34.9 Å². The first kappa shape index (κ1) is 19.0. The van der Waals surface area contributed by atoms with Crippen molar-refractivity contribution < 1.29 is 27.5 Å². The molecule has 0 unspecified atom stereocenters. The number of benzene rings is 1. The number of anilines is 1. The highest BCUT2D eigenvalue weighted by atomic mass is 19.4. The number of carbonyl (C=O) groups excluding carboxylic acids is 2. The SMILES string of the molecule is CCOC(=O)CN/C=C(/C#N)C(=O)Nc1ccccc1C(F)(F)F. The number of rotatable bonds is 6. The van der Waals surface area contributed by atoms with Crippen LogP contribution in [0.1, 0.15) is 12.5 Å². The minimum atomic E-state index is -4.65. The minimum absolute atomic E-state index is 0.171. The Hall–Kier alpha value is -3.02. The van der Waals surface area contributed by atoms with Crippen LogP contribution < -0.4 is 10.6 Å². The quantitative estimate of drug-likeness (QED) is 0.470. The molecule has 0 aliphatic rings. The van der Waals surface area contributed by atoms with Crippen LogP contribution in [0, 0.1) is 11.3 Å². The number of amides is 1. The van der Waals surface area contributed by atoms with Gasteiger partial charge in [-0.3, -0.25) is 9.59 Å². The third-order valence-corrected chi connectivity index (χ3v) is 2.64. The van der Waals surface area contributed by atoms with Crippen LogP contribution in [0.3, 0.4) is 0 Å². The third-order valence-electron chi connectivity index (χ3n) is 2.64. The Bertz CT molecular complexity index is 679. The van der Waals surface area contributed by atoms with Crippen LogP contribution in [0.4, 0.5) is 18.9 Å². The second kappa shape index (κ2) is 8.57. The topological polar surface area (TPSA) is 91.2 Å². The lowest BCUT2D eigenvalue weighted by atomic mass is 10.1. The minimum Gasteiger partial charge on any atom is -0.465 e. The Morgan fingerprint density at radius 3 is 2.58 bits per heavy atom. The molecular weight excluding hydrogens is 327 g/mol. The van der Waals surface area contributed by atoms with E-state index >= 15 is 0 Å². The fraction of sp³-hybridized carbons (Fsp3) is 0.267. The summed E-state index contributed by atoms with van der Waals surface area (Å²) in [5.74, 6) is -1.64. The Morgan fingerprint density at radius 2 is 2.00 bits per heavy atom. The van der Waals surface area contributed by atoms with Crippen molar-refractivity contribution in [3.63, 3.8) is 0 Å². The van der Waals surface area contributed by atoms with Crippen molar-refractivity contribution >= 4 is 17.6 Å². The number of halogens is 3. The molecule has 2 N–H and O–H groups in total. The molecule has 0 aliphatic carbocycles. The van der Waals surface area contributed by atoms with Crippen LogP contribution in [0.15, 0.2) is 36.0 Å². The first-order valence-electron chi connectivity index (χ1n) is 6.76. The zero-order valence-corrected chi connectivity index (χ0v) is 12.6. The van der Waals surface area contributed by atoms with Gasteiger partial charge in [-0.2, -0.15) is 18.4 Å². The van der Waals surface area contributed by atoms with Gasteiger partial charge < -0.3 is 15.4 Å². The number of esters is 1. The summed E-state index contributed by atoms with van der Waals surface area (Å²) in [5, 5.41) is 13.3. The molecule has 0 atom stereocenters. The van der Waals surface area contributed by atoms with E-state index in [0.717, 1.165) is 18.3 Å². The van der Waals surface area contributed by atoms with Crippen molar-refractivity contribution in [3.05, 3.63) is 41.6 Å². The molecule has 6 nitrogen and oxygen atoms in total. The summed E-state index contributed by atoms with van der Waals surface area (Å²) >= 11 is 0. The zero-order valence-electron chi connectivity index (χ0n) is 12.6. The van der Waals surface area contributed by atoms with Crippen molar-refractivity contribution in [1.82, 2.24) is 5.32 Å². The standard InChI is InChI=1S/C15H14F3N3O3/c1-2-24-13(22)9-20-8-10(7-19)14(23)21-12-6-4-3-5-11(12)15(16,17)18/h3-6,8,20H,2,9H2,1H3,(H,21,23)/b10-8-. The van der Waals surface area contributed by atoms with Gasteiger partial charge in [0.05, 0.1) is 17.9 Å². The Labute approximate surface area is 135 Å². The fourth-order valence-electron chi connectivity index (χ4n) is 1.63.